The average Bonchev–Trinajstić information content (AvgIpc) is 2.94. The number of benzene rings is 3. The summed E-state index contributed by atoms with van der Waals surface area (Å²) >= 11 is 3.60. The third kappa shape index (κ3) is 3.33. The lowest BCUT2D eigenvalue weighted by Crippen LogP contribution is -1.99. The Morgan fingerprint density at radius 1 is 1.00 bits per heavy atom. The van der Waals surface area contributed by atoms with E-state index in [1.54, 1.807) is 0 Å². The predicted octanol–water partition coefficient (Wildman–Crippen LogP) is 5.89. The Morgan fingerprint density at radius 2 is 1.81 bits per heavy atom. The van der Waals surface area contributed by atoms with Gasteiger partial charge in [0.15, 0.2) is 0 Å². The van der Waals surface area contributed by atoms with Crippen molar-refractivity contribution in [3.05, 3.63) is 59.1 Å². The molecule has 0 bridgehead atoms. The normalized spacial score (nSPS) is 13.0. The van der Waals surface area contributed by atoms with E-state index in [0.29, 0.717) is 6.61 Å². The number of fused-ring (bicyclic) bond motifs is 5. The number of hydrogen-bond donors (Lipinski definition) is 1. The van der Waals surface area contributed by atoms with Crippen LogP contribution in [0.2, 0.25) is 0 Å². The van der Waals surface area contributed by atoms with Crippen molar-refractivity contribution in [1.82, 2.24) is 4.57 Å². The first kappa shape index (κ1) is 17.7. The van der Waals surface area contributed by atoms with Crippen LogP contribution in [0, 0.1) is 0 Å². The van der Waals surface area contributed by atoms with Crippen LogP contribution in [0.15, 0.2) is 59.1 Å². The Kier molecular flexibility index (Phi) is 5.14. The number of hydrogen-bond acceptors (Lipinski definition) is 2. The molecule has 4 rings (SSSR count). The molecule has 0 aliphatic carbocycles. The SMILES string of the molecule is O=[PH](O)OCCCCn1c2ccc(Br)cc2c2c3ccccc3ccc21. The molecule has 4 nitrogen and oxygen atoms in total. The Morgan fingerprint density at radius 3 is 2.65 bits per heavy atom. The molecule has 0 spiro atoms. The number of aromatic nitrogens is 1. The van der Waals surface area contributed by atoms with E-state index in [2.05, 4.69) is 75.1 Å². The van der Waals surface area contributed by atoms with Crippen LogP contribution in [0.3, 0.4) is 0 Å². The Labute approximate surface area is 160 Å². The molecule has 0 aliphatic heterocycles. The summed E-state index contributed by atoms with van der Waals surface area (Å²) in [6, 6.07) is 19.2. The lowest BCUT2D eigenvalue weighted by atomic mass is 10.0. The summed E-state index contributed by atoms with van der Waals surface area (Å²) in [5, 5.41) is 5.01. The first-order valence-corrected chi connectivity index (χ1v) is 10.7. The van der Waals surface area contributed by atoms with E-state index in [4.69, 9.17) is 9.42 Å². The molecule has 1 N–H and O–H groups in total. The molecular formula is C20H19BrNO3P. The van der Waals surface area contributed by atoms with Gasteiger partial charge >= 0.3 is 8.25 Å². The molecule has 3 aromatic carbocycles. The summed E-state index contributed by atoms with van der Waals surface area (Å²) in [5.41, 5.74) is 2.42. The maximum Gasteiger partial charge on any atom is 0.316 e. The molecule has 26 heavy (non-hydrogen) atoms. The van der Waals surface area contributed by atoms with Gasteiger partial charge in [-0.05, 0) is 47.9 Å². The molecule has 0 fully saturated rings. The van der Waals surface area contributed by atoms with Crippen molar-refractivity contribution in [3.63, 3.8) is 0 Å². The molecule has 1 aromatic heterocycles. The molecule has 0 amide bonds. The van der Waals surface area contributed by atoms with E-state index in [1.807, 2.05) is 0 Å². The largest absolute Gasteiger partial charge is 0.340 e. The number of halogens is 1. The molecule has 134 valence electrons. The summed E-state index contributed by atoms with van der Waals surface area (Å²) in [6.45, 7) is 1.16. The van der Waals surface area contributed by atoms with Gasteiger partial charge in [-0.25, -0.2) is 0 Å². The third-order valence-electron chi connectivity index (χ3n) is 4.72. The number of nitrogens with zero attached hydrogens (tertiary/aromatic N) is 1. The van der Waals surface area contributed by atoms with Crippen molar-refractivity contribution in [3.8, 4) is 0 Å². The molecule has 6 heteroatoms. The van der Waals surface area contributed by atoms with Crippen molar-refractivity contribution in [2.24, 2.45) is 0 Å². The first-order chi connectivity index (χ1) is 12.6. The van der Waals surface area contributed by atoms with Crippen molar-refractivity contribution >= 4 is 56.8 Å². The van der Waals surface area contributed by atoms with E-state index in [0.717, 1.165) is 23.9 Å². The maximum atomic E-state index is 10.7. The lowest BCUT2D eigenvalue weighted by Gasteiger charge is -2.08. The fraction of sp³-hybridized carbons (Fsp3) is 0.200. The van der Waals surface area contributed by atoms with Gasteiger partial charge in [0.1, 0.15) is 0 Å². The van der Waals surface area contributed by atoms with E-state index in [1.165, 1.54) is 32.6 Å². The van der Waals surface area contributed by atoms with Gasteiger partial charge in [-0.3, -0.25) is 4.57 Å². The van der Waals surface area contributed by atoms with Crippen LogP contribution in [0.4, 0.5) is 0 Å². The van der Waals surface area contributed by atoms with Crippen LogP contribution in [-0.4, -0.2) is 16.1 Å². The molecule has 1 heterocycles. The highest BCUT2D eigenvalue weighted by atomic mass is 79.9. The summed E-state index contributed by atoms with van der Waals surface area (Å²) in [5.74, 6) is 0. The quantitative estimate of drug-likeness (QED) is 0.306. The smallest absolute Gasteiger partial charge is 0.316 e. The summed E-state index contributed by atoms with van der Waals surface area (Å²) in [7, 11) is -2.83. The highest BCUT2D eigenvalue weighted by Crippen LogP contribution is 2.36. The standard InChI is InChI=1S/C20H19BrNO3P/c21-15-8-10-18-17(13-15)20-16-6-2-1-5-14(16)7-9-19(20)22(18)11-3-4-12-25-26(23)24/h1-2,5-10,13,26H,3-4,11-12H2,(H,23,24). The van der Waals surface area contributed by atoms with Gasteiger partial charge < -0.3 is 14.0 Å². The highest BCUT2D eigenvalue weighted by Gasteiger charge is 2.13. The Hall–Kier alpha value is -1.65. The molecule has 1 unspecified atom stereocenters. The molecular weight excluding hydrogens is 413 g/mol. The maximum absolute atomic E-state index is 10.7. The van der Waals surface area contributed by atoms with Gasteiger partial charge in [-0.15, -0.1) is 0 Å². The second-order valence-electron chi connectivity index (χ2n) is 6.32. The molecule has 0 radical (unpaired) electrons. The Bertz CT molecular complexity index is 1120. The van der Waals surface area contributed by atoms with Gasteiger partial charge in [0.25, 0.3) is 0 Å². The first-order valence-electron chi connectivity index (χ1n) is 8.60. The van der Waals surface area contributed by atoms with E-state index in [9.17, 15) is 4.57 Å². The molecule has 4 aromatic rings. The van der Waals surface area contributed by atoms with E-state index >= 15 is 0 Å². The van der Waals surface area contributed by atoms with E-state index in [-0.39, 0.29) is 0 Å². The Balaban J connectivity index is 1.80. The zero-order chi connectivity index (χ0) is 18.1. The molecule has 0 aliphatic rings. The fourth-order valence-corrected chi connectivity index (χ4v) is 4.29. The summed E-state index contributed by atoms with van der Waals surface area (Å²) in [4.78, 5) is 8.76. The molecule has 1 atom stereocenters. The van der Waals surface area contributed by atoms with Crippen molar-refractivity contribution in [2.75, 3.05) is 6.61 Å². The molecule has 0 saturated heterocycles. The van der Waals surface area contributed by atoms with Crippen molar-refractivity contribution < 1.29 is 14.0 Å². The van der Waals surface area contributed by atoms with Crippen LogP contribution in [0.5, 0.6) is 0 Å². The lowest BCUT2D eigenvalue weighted by molar-refractivity contribution is 0.273. The minimum absolute atomic E-state index is 0.319. The van der Waals surface area contributed by atoms with Crippen LogP contribution >= 0.6 is 24.2 Å². The summed E-state index contributed by atoms with van der Waals surface area (Å²) in [6.07, 6.45) is 1.64. The van der Waals surface area contributed by atoms with Crippen LogP contribution in [0.25, 0.3) is 32.6 Å². The van der Waals surface area contributed by atoms with Crippen LogP contribution in [0.1, 0.15) is 12.8 Å². The zero-order valence-corrected chi connectivity index (χ0v) is 16.7. The fourth-order valence-electron chi connectivity index (χ4n) is 3.61. The monoisotopic (exact) mass is 431 g/mol. The number of unbranched alkanes of at least 4 members (excludes halogenated alkanes) is 1. The van der Waals surface area contributed by atoms with Gasteiger partial charge in [0.2, 0.25) is 0 Å². The van der Waals surface area contributed by atoms with Crippen molar-refractivity contribution in [1.29, 1.82) is 0 Å². The minimum atomic E-state index is -2.83. The van der Waals surface area contributed by atoms with Gasteiger partial charge in [0, 0.05) is 32.8 Å². The van der Waals surface area contributed by atoms with Gasteiger partial charge in [-0.2, -0.15) is 0 Å². The second-order valence-corrected chi connectivity index (χ2v) is 8.05. The zero-order valence-electron chi connectivity index (χ0n) is 14.1. The number of rotatable bonds is 6. The number of aryl methyl sites for hydroxylation is 1. The summed E-state index contributed by atoms with van der Waals surface area (Å²) < 4.78 is 18.9. The van der Waals surface area contributed by atoms with Crippen LogP contribution < -0.4 is 0 Å². The molecule has 0 saturated carbocycles. The van der Waals surface area contributed by atoms with Crippen LogP contribution in [-0.2, 0) is 15.6 Å². The third-order valence-corrected chi connectivity index (χ3v) is 5.66. The van der Waals surface area contributed by atoms with Gasteiger partial charge in [-0.1, -0.05) is 46.3 Å². The minimum Gasteiger partial charge on any atom is -0.340 e. The van der Waals surface area contributed by atoms with E-state index < -0.39 is 8.25 Å². The van der Waals surface area contributed by atoms with Gasteiger partial charge in [0.05, 0.1) is 6.61 Å². The average molecular weight is 432 g/mol. The highest BCUT2D eigenvalue weighted by molar-refractivity contribution is 9.10. The second kappa shape index (κ2) is 7.53. The topological polar surface area (TPSA) is 51.5 Å². The van der Waals surface area contributed by atoms with Crippen molar-refractivity contribution in [2.45, 2.75) is 19.4 Å². The predicted molar refractivity (Wildman–Crippen MR) is 111 cm³/mol.